The summed E-state index contributed by atoms with van der Waals surface area (Å²) in [6.45, 7) is 3.06. The molecule has 2 rings (SSSR count). The van der Waals surface area contributed by atoms with Crippen LogP contribution in [-0.2, 0) is 0 Å². The van der Waals surface area contributed by atoms with E-state index in [-0.39, 0.29) is 11.7 Å². The van der Waals surface area contributed by atoms with E-state index in [1.165, 1.54) is 37.1 Å². The summed E-state index contributed by atoms with van der Waals surface area (Å²) in [7, 11) is 0. The molecule has 0 saturated heterocycles. The van der Waals surface area contributed by atoms with Crippen LogP contribution in [0.2, 0.25) is 0 Å². The molecule has 0 aliphatic rings. The number of pyridine rings is 1. The first-order valence-corrected chi connectivity index (χ1v) is 7.46. The van der Waals surface area contributed by atoms with Crippen molar-refractivity contribution in [3.05, 3.63) is 54.1 Å². The van der Waals surface area contributed by atoms with E-state index in [2.05, 4.69) is 22.5 Å². The first-order valence-electron chi connectivity index (χ1n) is 7.46. The molecule has 116 valence electrons. The number of hydrogen-bond acceptors (Lipinski definition) is 3. The van der Waals surface area contributed by atoms with Crippen LogP contribution in [0.15, 0.2) is 42.6 Å². The number of rotatable bonds is 7. The van der Waals surface area contributed by atoms with E-state index in [1.807, 2.05) is 6.07 Å². The van der Waals surface area contributed by atoms with E-state index < -0.39 is 0 Å². The summed E-state index contributed by atoms with van der Waals surface area (Å²) in [5, 5.41) is 5.94. The minimum atomic E-state index is -0.338. The predicted molar refractivity (Wildman–Crippen MR) is 86.6 cm³/mol. The van der Waals surface area contributed by atoms with Crippen LogP contribution in [-0.4, -0.2) is 17.4 Å². The van der Waals surface area contributed by atoms with Gasteiger partial charge in [0.2, 0.25) is 0 Å². The van der Waals surface area contributed by atoms with Gasteiger partial charge in [0.05, 0.1) is 11.9 Å². The Bertz CT molecular complexity index is 596. The van der Waals surface area contributed by atoms with Crippen molar-refractivity contribution in [2.45, 2.75) is 26.2 Å². The quantitative estimate of drug-likeness (QED) is 0.758. The summed E-state index contributed by atoms with van der Waals surface area (Å²) in [6, 6.07) is 9.12. The fourth-order valence-electron chi connectivity index (χ4n) is 1.97. The molecule has 22 heavy (non-hydrogen) atoms. The van der Waals surface area contributed by atoms with Gasteiger partial charge < -0.3 is 10.6 Å². The molecular weight excluding hydrogens is 281 g/mol. The smallest absolute Gasteiger partial charge is 0.274 e. The van der Waals surface area contributed by atoms with Crippen molar-refractivity contribution >= 4 is 17.3 Å². The first-order chi connectivity index (χ1) is 10.7. The average molecular weight is 301 g/mol. The third kappa shape index (κ3) is 4.84. The van der Waals surface area contributed by atoms with Crippen LogP contribution in [0.25, 0.3) is 0 Å². The largest absolute Gasteiger partial charge is 0.384 e. The standard InChI is InChI=1S/C17H20FN3O/c1-2-3-4-11-19-15-9-10-16(20-12-15)17(22)21-14-7-5-13(18)6-8-14/h5-10,12,19H,2-4,11H2,1H3,(H,21,22). The lowest BCUT2D eigenvalue weighted by Gasteiger charge is -2.07. The van der Waals surface area contributed by atoms with E-state index in [0.717, 1.165) is 18.7 Å². The third-order valence-electron chi connectivity index (χ3n) is 3.21. The highest BCUT2D eigenvalue weighted by molar-refractivity contribution is 6.02. The average Bonchev–Trinajstić information content (AvgIpc) is 2.54. The van der Waals surface area contributed by atoms with Crippen molar-refractivity contribution in [3.63, 3.8) is 0 Å². The molecule has 1 aromatic heterocycles. The Balaban J connectivity index is 1.89. The van der Waals surface area contributed by atoms with Crippen molar-refractivity contribution in [1.82, 2.24) is 4.98 Å². The lowest BCUT2D eigenvalue weighted by molar-refractivity contribution is 0.102. The van der Waals surface area contributed by atoms with E-state index in [9.17, 15) is 9.18 Å². The van der Waals surface area contributed by atoms with E-state index in [1.54, 1.807) is 12.3 Å². The van der Waals surface area contributed by atoms with Gasteiger partial charge in [0.15, 0.2) is 0 Å². The number of anilines is 2. The zero-order chi connectivity index (χ0) is 15.8. The molecule has 0 aliphatic heterocycles. The van der Waals surface area contributed by atoms with Crippen molar-refractivity contribution in [2.24, 2.45) is 0 Å². The van der Waals surface area contributed by atoms with Crippen LogP contribution in [0.3, 0.4) is 0 Å². The highest BCUT2D eigenvalue weighted by Gasteiger charge is 2.07. The van der Waals surface area contributed by atoms with Crippen LogP contribution in [0.5, 0.6) is 0 Å². The molecule has 2 aromatic rings. The Morgan fingerprint density at radius 2 is 1.82 bits per heavy atom. The highest BCUT2D eigenvalue weighted by Crippen LogP contribution is 2.11. The molecule has 0 radical (unpaired) electrons. The lowest BCUT2D eigenvalue weighted by Crippen LogP contribution is -2.13. The van der Waals surface area contributed by atoms with Gasteiger partial charge >= 0.3 is 0 Å². The molecule has 0 unspecified atom stereocenters. The van der Waals surface area contributed by atoms with Crippen LogP contribution in [0.1, 0.15) is 36.7 Å². The normalized spacial score (nSPS) is 10.3. The van der Waals surface area contributed by atoms with Gasteiger partial charge in [-0.05, 0) is 42.8 Å². The van der Waals surface area contributed by atoms with Crippen LogP contribution in [0.4, 0.5) is 15.8 Å². The van der Waals surface area contributed by atoms with Gasteiger partial charge in [0, 0.05) is 12.2 Å². The fraction of sp³-hybridized carbons (Fsp3) is 0.294. The van der Waals surface area contributed by atoms with Gasteiger partial charge in [-0.2, -0.15) is 0 Å². The van der Waals surface area contributed by atoms with Crippen LogP contribution >= 0.6 is 0 Å². The molecule has 0 saturated carbocycles. The van der Waals surface area contributed by atoms with Gasteiger partial charge in [-0.1, -0.05) is 19.8 Å². The molecular formula is C17H20FN3O. The zero-order valence-electron chi connectivity index (χ0n) is 12.6. The van der Waals surface area contributed by atoms with Gasteiger partial charge in [-0.25, -0.2) is 9.37 Å². The molecule has 5 heteroatoms. The Morgan fingerprint density at radius 3 is 2.45 bits per heavy atom. The summed E-state index contributed by atoms with van der Waals surface area (Å²) < 4.78 is 12.8. The summed E-state index contributed by atoms with van der Waals surface area (Å²) >= 11 is 0. The van der Waals surface area contributed by atoms with Gasteiger partial charge in [0.1, 0.15) is 11.5 Å². The van der Waals surface area contributed by atoms with Crippen molar-refractivity contribution in [1.29, 1.82) is 0 Å². The number of unbranched alkanes of at least 4 members (excludes halogenated alkanes) is 2. The van der Waals surface area contributed by atoms with E-state index in [4.69, 9.17) is 0 Å². The van der Waals surface area contributed by atoms with Crippen LogP contribution in [0, 0.1) is 5.82 Å². The number of nitrogens with zero attached hydrogens (tertiary/aromatic N) is 1. The third-order valence-corrected chi connectivity index (χ3v) is 3.21. The summed E-state index contributed by atoms with van der Waals surface area (Å²) in [4.78, 5) is 16.2. The SMILES string of the molecule is CCCCCNc1ccc(C(=O)Nc2ccc(F)cc2)nc1. The highest BCUT2D eigenvalue weighted by atomic mass is 19.1. The maximum absolute atomic E-state index is 12.8. The molecule has 0 spiro atoms. The van der Waals surface area contributed by atoms with Crippen LogP contribution < -0.4 is 10.6 Å². The Kier molecular flexibility index (Phi) is 5.89. The number of aromatic nitrogens is 1. The Hall–Kier alpha value is -2.43. The molecule has 2 N–H and O–H groups in total. The van der Waals surface area contributed by atoms with Gasteiger partial charge in [0.25, 0.3) is 5.91 Å². The van der Waals surface area contributed by atoms with Gasteiger partial charge in [-0.15, -0.1) is 0 Å². The van der Waals surface area contributed by atoms with E-state index >= 15 is 0 Å². The molecule has 0 aliphatic carbocycles. The molecule has 0 fully saturated rings. The molecule has 1 aromatic carbocycles. The van der Waals surface area contributed by atoms with Crippen molar-refractivity contribution in [2.75, 3.05) is 17.2 Å². The Morgan fingerprint density at radius 1 is 1.09 bits per heavy atom. The second-order valence-electron chi connectivity index (χ2n) is 5.03. The second-order valence-corrected chi connectivity index (χ2v) is 5.03. The minimum Gasteiger partial charge on any atom is -0.384 e. The maximum atomic E-state index is 12.8. The van der Waals surface area contributed by atoms with Crippen molar-refractivity contribution in [3.8, 4) is 0 Å². The zero-order valence-corrected chi connectivity index (χ0v) is 12.6. The first kappa shape index (κ1) is 15.9. The predicted octanol–water partition coefficient (Wildman–Crippen LogP) is 4.08. The number of nitrogens with one attached hydrogen (secondary N) is 2. The van der Waals surface area contributed by atoms with Crippen molar-refractivity contribution < 1.29 is 9.18 Å². The number of carbonyl (C=O) groups excluding carboxylic acids is 1. The van der Waals surface area contributed by atoms with E-state index in [0.29, 0.717) is 11.4 Å². The number of benzene rings is 1. The summed E-state index contributed by atoms with van der Waals surface area (Å²) in [6.07, 6.45) is 5.13. The number of halogens is 1. The fourth-order valence-corrected chi connectivity index (χ4v) is 1.97. The monoisotopic (exact) mass is 301 g/mol. The number of amides is 1. The molecule has 1 amide bonds. The number of hydrogen-bond donors (Lipinski definition) is 2. The molecule has 4 nitrogen and oxygen atoms in total. The summed E-state index contributed by atoms with van der Waals surface area (Å²) in [5.41, 5.74) is 1.76. The van der Waals surface area contributed by atoms with Gasteiger partial charge in [-0.3, -0.25) is 4.79 Å². The molecule has 1 heterocycles. The molecule has 0 bridgehead atoms. The summed E-state index contributed by atoms with van der Waals surface area (Å²) in [5.74, 6) is -0.654. The topological polar surface area (TPSA) is 54.0 Å². The molecule has 0 atom stereocenters. The second kappa shape index (κ2) is 8.12. The number of carbonyl (C=O) groups is 1. The lowest BCUT2D eigenvalue weighted by atomic mass is 10.2. The maximum Gasteiger partial charge on any atom is 0.274 e. The minimum absolute atomic E-state index is 0.316. The Labute approximate surface area is 129 Å².